The number of nitrogens with zero attached hydrogens (tertiary/aromatic N) is 4. The first kappa shape index (κ1) is 21.9. The summed E-state index contributed by atoms with van der Waals surface area (Å²) in [7, 11) is 1.68. The van der Waals surface area contributed by atoms with Gasteiger partial charge >= 0.3 is 0 Å². The Bertz CT molecular complexity index is 878. The Labute approximate surface area is 182 Å². The van der Waals surface area contributed by atoms with Crippen molar-refractivity contribution in [2.45, 2.75) is 26.3 Å². The fourth-order valence-corrected chi connectivity index (χ4v) is 2.78. The second kappa shape index (κ2) is 11.5. The van der Waals surface area contributed by atoms with Gasteiger partial charge in [0.05, 0.1) is 7.11 Å². The molecule has 2 heterocycles. The number of rotatable bonds is 8. The van der Waals surface area contributed by atoms with Crippen molar-refractivity contribution in [1.82, 2.24) is 25.2 Å². The van der Waals surface area contributed by atoms with Crippen LogP contribution in [0.2, 0.25) is 0 Å². The van der Waals surface area contributed by atoms with Crippen LogP contribution >= 0.6 is 24.0 Å². The Hall–Kier alpha value is -2.36. The van der Waals surface area contributed by atoms with E-state index in [1.807, 2.05) is 40.9 Å². The van der Waals surface area contributed by atoms with E-state index in [-0.39, 0.29) is 24.0 Å². The van der Waals surface area contributed by atoms with Crippen LogP contribution in [-0.4, -0.2) is 40.8 Å². The Morgan fingerprint density at radius 3 is 2.68 bits per heavy atom. The quantitative estimate of drug-likeness (QED) is 0.218. The molecule has 3 aromatic rings. The number of benzene rings is 1. The molecule has 0 aliphatic rings. The summed E-state index contributed by atoms with van der Waals surface area (Å²) in [5.74, 6) is 2.50. The molecule has 0 fully saturated rings. The lowest BCUT2D eigenvalue weighted by Crippen LogP contribution is -2.37. The minimum absolute atomic E-state index is 0. The number of hydrogen-bond acceptors (Lipinski definition) is 4. The summed E-state index contributed by atoms with van der Waals surface area (Å²) < 4.78 is 7.14. The van der Waals surface area contributed by atoms with E-state index in [9.17, 15) is 0 Å². The highest BCUT2D eigenvalue weighted by molar-refractivity contribution is 14.0. The predicted molar refractivity (Wildman–Crippen MR) is 123 cm³/mol. The molecule has 1 aromatic carbocycles. The molecule has 0 saturated heterocycles. The zero-order valence-corrected chi connectivity index (χ0v) is 18.6. The first-order chi connectivity index (χ1) is 13.3. The van der Waals surface area contributed by atoms with Crippen LogP contribution in [0, 0.1) is 0 Å². The summed E-state index contributed by atoms with van der Waals surface area (Å²) in [5.41, 5.74) is 2.13. The first-order valence-corrected chi connectivity index (χ1v) is 9.24. The molecule has 0 aliphatic heterocycles. The maximum Gasteiger partial charge on any atom is 0.191 e. The van der Waals surface area contributed by atoms with E-state index < -0.39 is 0 Å². The van der Waals surface area contributed by atoms with Gasteiger partial charge in [-0.15, -0.1) is 34.2 Å². The average molecular weight is 494 g/mol. The smallest absolute Gasteiger partial charge is 0.191 e. The van der Waals surface area contributed by atoms with E-state index in [1.54, 1.807) is 7.11 Å². The molecule has 150 valence electrons. The van der Waals surface area contributed by atoms with Gasteiger partial charge in [0.15, 0.2) is 17.4 Å². The van der Waals surface area contributed by atoms with Gasteiger partial charge in [-0.2, -0.15) is 0 Å². The van der Waals surface area contributed by atoms with Gasteiger partial charge in [-0.1, -0.05) is 18.2 Å². The largest absolute Gasteiger partial charge is 0.497 e. The van der Waals surface area contributed by atoms with Crippen molar-refractivity contribution in [1.29, 1.82) is 0 Å². The predicted octanol–water partition coefficient (Wildman–Crippen LogP) is 3.04. The molecule has 7 nitrogen and oxygen atoms in total. The average Bonchev–Trinajstić information content (AvgIpc) is 3.13. The van der Waals surface area contributed by atoms with Crippen molar-refractivity contribution < 1.29 is 4.74 Å². The third-order valence-corrected chi connectivity index (χ3v) is 4.20. The molecule has 8 heteroatoms. The zero-order valence-electron chi connectivity index (χ0n) is 16.3. The minimum Gasteiger partial charge on any atom is -0.497 e. The van der Waals surface area contributed by atoms with E-state index in [4.69, 9.17) is 4.74 Å². The van der Waals surface area contributed by atoms with Gasteiger partial charge < -0.3 is 15.4 Å². The van der Waals surface area contributed by atoms with Crippen LogP contribution in [-0.2, 0) is 13.0 Å². The molecular weight excluding hydrogens is 467 g/mol. The van der Waals surface area contributed by atoms with Gasteiger partial charge in [0.25, 0.3) is 0 Å². The molecule has 0 spiro atoms. The number of ether oxygens (including phenoxy) is 1. The molecule has 2 N–H and O–H groups in total. The molecular formula is C20H27IN6O. The van der Waals surface area contributed by atoms with Gasteiger partial charge in [0.1, 0.15) is 12.3 Å². The first-order valence-electron chi connectivity index (χ1n) is 9.24. The normalized spacial score (nSPS) is 11.1. The van der Waals surface area contributed by atoms with Crippen molar-refractivity contribution >= 4 is 35.6 Å². The number of fused-ring (bicyclic) bond motifs is 1. The van der Waals surface area contributed by atoms with Crippen molar-refractivity contribution in [3.8, 4) is 5.75 Å². The third-order valence-electron chi connectivity index (χ3n) is 4.20. The fraction of sp³-hybridized carbons (Fsp3) is 0.350. The van der Waals surface area contributed by atoms with Gasteiger partial charge in [0.2, 0.25) is 0 Å². The van der Waals surface area contributed by atoms with Gasteiger partial charge in [-0.05, 0) is 49.6 Å². The van der Waals surface area contributed by atoms with Gasteiger partial charge in [-0.3, -0.25) is 4.40 Å². The minimum atomic E-state index is 0. The van der Waals surface area contributed by atoms with Crippen molar-refractivity contribution in [2.75, 3.05) is 20.2 Å². The molecule has 28 heavy (non-hydrogen) atoms. The summed E-state index contributed by atoms with van der Waals surface area (Å²) in [5, 5.41) is 15.0. The SMILES string of the molecule is CCNC(=NCc1nnc2ccccn12)NCCCc1ccc(OC)cc1.I. The number of aliphatic imine (C=N–C) groups is 1. The lowest BCUT2D eigenvalue weighted by atomic mass is 10.1. The number of halogens is 1. The molecule has 0 unspecified atom stereocenters. The van der Waals surface area contributed by atoms with E-state index in [0.717, 1.165) is 49.1 Å². The zero-order chi connectivity index (χ0) is 18.9. The molecule has 0 amide bonds. The Morgan fingerprint density at radius 2 is 1.93 bits per heavy atom. The van der Waals surface area contributed by atoms with Crippen molar-refractivity contribution in [3.05, 3.63) is 60.0 Å². The van der Waals surface area contributed by atoms with Gasteiger partial charge in [-0.25, -0.2) is 4.99 Å². The second-order valence-electron chi connectivity index (χ2n) is 6.12. The van der Waals surface area contributed by atoms with E-state index in [2.05, 4.69) is 44.9 Å². The lowest BCUT2D eigenvalue weighted by Gasteiger charge is -2.11. The molecule has 0 bridgehead atoms. The van der Waals surface area contributed by atoms with Crippen LogP contribution in [0.4, 0.5) is 0 Å². The van der Waals surface area contributed by atoms with Crippen molar-refractivity contribution in [3.63, 3.8) is 0 Å². The molecule has 2 aromatic heterocycles. The topological polar surface area (TPSA) is 75.8 Å². The number of aryl methyl sites for hydroxylation is 1. The van der Waals surface area contributed by atoms with Crippen LogP contribution in [0.15, 0.2) is 53.7 Å². The van der Waals surface area contributed by atoms with E-state index in [1.165, 1.54) is 5.56 Å². The van der Waals surface area contributed by atoms with Crippen LogP contribution in [0.5, 0.6) is 5.75 Å². The summed E-state index contributed by atoms with van der Waals surface area (Å²) in [6.07, 6.45) is 3.98. The number of methoxy groups -OCH3 is 1. The van der Waals surface area contributed by atoms with Crippen LogP contribution in [0.25, 0.3) is 5.65 Å². The summed E-state index contributed by atoms with van der Waals surface area (Å²) in [6.45, 7) is 4.18. The Kier molecular flexibility index (Phi) is 8.99. The molecule has 3 rings (SSSR count). The molecule has 0 saturated carbocycles. The van der Waals surface area contributed by atoms with E-state index in [0.29, 0.717) is 6.54 Å². The highest BCUT2D eigenvalue weighted by Gasteiger charge is 2.04. The molecule has 0 atom stereocenters. The summed E-state index contributed by atoms with van der Waals surface area (Å²) in [4.78, 5) is 4.63. The maximum absolute atomic E-state index is 5.19. The highest BCUT2D eigenvalue weighted by Crippen LogP contribution is 2.12. The van der Waals surface area contributed by atoms with Crippen LogP contribution < -0.4 is 15.4 Å². The van der Waals surface area contributed by atoms with Crippen LogP contribution in [0.1, 0.15) is 24.7 Å². The number of guanidine groups is 1. The van der Waals surface area contributed by atoms with Crippen molar-refractivity contribution in [2.24, 2.45) is 4.99 Å². The number of pyridine rings is 1. The van der Waals surface area contributed by atoms with E-state index >= 15 is 0 Å². The van der Waals surface area contributed by atoms with Gasteiger partial charge in [0, 0.05) is 19.3 Å². The lowest BCUT2D eigenvalue weighted by molar-refractivity contribution is 0.414. The Morgan fingerprint density at radius 1 is 1.11 bits per heavy atom. The second-order valence-corrected chi connectivity index (χ2v) is 6.12. The highest BCUT2D eigenvalue weighted by atomic mass is 127. The summed E-state index contributed by atoms with van der Waals surface area (Å²) >= 11 is 0. The maximum atomic E-state index is 5.19. The number of aromatic nitrogens is 3. The number of nitrogens with one attached hydrogen (secondary N) is 2. The standard InChI is InChI=1S/C20H26N6O.HI/c1-3-21-20(22-13-6-7-16-9-11-17(27-2)12-10-16)23-15-19-25-24-18-8-4-5-14-26(18)19;/h4-5,8-12,14H,3,6-7,13,15H2,1-2H3,(H2,21,22,23);1H. The number of hydrogen-bond donors (Lipinski definition) is 2. The van der Waals surface area contributed by atoms with Crippen LogP contribution in [0.3, 0.4) is 0 Å². The molecule has 0 radical (unpaired) electrons. The monoisotopic (exact) mass is 494 g/mol. The Balaban J connectivity index is 0.00000280. The fourth-order valence-electron chi connectivity index (χ4n) is 2.78. The third kappa shape index (κ3) is 6.08. The molecule has 0 aliphatic carbocycles. The summed E-state index contributed by atoms with van der Waals surface area (Å²) in [6, 6.07) is 14.1.